The molecule has 2 unspecified atom stereocenters. The van der Waals surface area contributed by atoms with E-state index in [4.69, 9.17) is 4.74 Å². The fourth-order valence-corrected chi connectivity index (χ4v) is 4.04. The lowest BCUT2D eigenvalue weighted by molar-refractivity contribution is -0.135. The number of hydrogen-bond donors (Lipinski definition) is 1. The van der Waals surface area contributed by atoms with E-state index < -0.39 is 11.3 Å². The van der Waals surface area contributed by atoms with Crippen LogP contribution in [0.5, 0.6) is 5.75 Å². The summed E-state index contributed by atoms with van der Waals surface area (Å²) in [6.45, 7) is 3.86. The number of aliphatic hydroxyl groups is 1. The fraction of sp³-hybridized carbons (Fsp3) is 0.182. The van der Waals surface area contributed by atoms with Crippen LogP contribution in [0.2, 0.25) is 0 Å². The zero-order valence-electron chi connectivity index (χ0n) is 15.1. The number of benzene rings is 3. The second kappa shape index (κ2) is 5.41. The SMILES string of the molecule is Cc1ccc2c(c1)C(O)(c1ccccc1)C(C)(n1nnc3ccccc31)O2. The standard InChI is InChI=1S/C22H19N3O2/c1-15-12-13-20-17(14-15)22(26,16-8-4-3-5-9-16)21(2,27-20)25-19-11-7-6-10-18(19)23-24-25/h3-14,26H,1-2H3. The number of rotatable bonds is 2. The molecule has 0 fully saturated rings. The lowest BCUT2D eigenvalue weighted by Gasteiger charge is -2.38. The van der Waals surface area contributed by atoms with Crippen LogP contribution in [0.3, 0.4) is 0 Å². The van der Waals surface area contributed by atoms with E-state index >= 15 is 0 Å². The van der Waals surface area contributed by atoms with Crippen LogP contribution in [0.15, 0.2) is 72.8 Å². The summed E-state index contributed by atoms with van der Waals surface area (Å²) in [6, 6.07) is 23.1. The quantitative estimate of drug-likeness (QED) is 0.594. The van der Waals surface area contributed by atoms with Crippen LogP contribution >= 0.6 is 0 Å². The van der Waals surface area contributed by atoms with Crippen LogP contribution in [0.25, 0.3) is 11.0 Å². The number of para-hydroxylation sites is 1. The summed E-state index contributed by atoms with van der Waals surface area (Å²) in [5, 5.41) is 20.8. The van der Waals surface area contributed by atoms with Crippen molar-refractivity contribution < 1.29 is 9.84 Å². The zero-order valence-corrected chi connectivity index (χ0v) is 15.1. The Morgan fingerprint density at radius 1 is 0.963 bits per heavy atom. The minimum absolute atomic E-state index is 0.647. The molecule has 5 nitrogen and oxygen atoms in total. The van der Waals surface area contributed by atoms with E-state index in [9.17, 15) is 5.11 Å². The molecule has 1 aromatic heterocycles. The number of hydrogen-bond acceptors (Lipinski definition) is 4. The van der Waals surface area contributed by atoms with Crippen LogP contribution in [0.4, 0.5) is 0 Å². The first-order valence-electron chi connectivity index (χ1n) is 8.93. The average molecular weight is 357 g/mol. The molecule has 3 aromatic carbocycles. The van der Waals surface area contributed by atoms with Crippen LogP contribution in [-0.4, -0.2) is 20.1 Å². The Labute approximate surface area is 156 Å². The molecule has 0 bridgehead atoms. The smallest absolute Gasteiger partial charge is 0.238 e. The van der Waals surface area contributed by atoms with Gasteiger partial charge in [-0.2, -0.15) is 4.68 Å². The van der Waals surface area contributed by atoms with Gasteiger partial charge in [0.15, 0.2) is 5.60 Å². The second-order valence-corrected chi connectivity index (χ2v) is 7.15. The second-order valence-electron chi connectivity index (χ2n) is 7.15. The molecule has 134 valence electrons. The van der Waals surface area contributed by atoms with Gasteiger partial charge in [0.05, 0.1) is 5.52 Å². The third-order valence-electron chi connectivity index (χ3n) is 5.45. The van der Waals surface area contributed by atoms with Crippen LogP contribution in [-0.2, 0) is 11.3 Å². The fourth-order valence-electron chi connectivity index (χ4n) is 4.04. The first-order chi connectivity index (χ1) is 13.0. The predicted octanol–water partition coefficient (Wildman–Crippen LogP) is 3.74. The Kier molecular flexibility index (Phi) is 3.21. The van der Waals surface area contributed by atoms with Crippen molar-refractivity contribution in [3.8, 4) is 5.75 Å². The van der Waals surface area contributed by atoms with Gasteiger partial charge in [-0.15, -0.1) is 5.10 Å². The predicted molar refractivity (Wildman–Crippen MR) is 102 cm³/mol. The summed E-state index contributed by atoms with van der Waals surface area (Å²) >= 11 is 0. The Hall–Kier alpha value is -3.18. The van der Waals surface area contributed by atoms with Crippen molar-refractivity contribution >= 4 is 11.0 Å². The first-order valence-corrected chi connectivity index (χ1v) is 8.93. The third-order valence-corrected chi connectivity index (χ3v) is 5.45. The summed E-state index contributed by atoms with van der Waals surface area (Å²) in [5.41, 5.74) is 1.47. The minimum Gasteiger partial charge on any atom is -0.462 e. The first kappa shape index (κ1) is 16.0. The molecule has 0 saturated heterocycles. The van der Waals surface area contributed by atoms with E-state index in [0.717, 1.165) is 27.7 Å². The van der Waals surface area contributed by atoms with Crippen molar-refractivity contribution in [1.29, 1.82) is 0 Å². The summed E-state index contributed by atoms with van der Waals surface area (Å²) in [7, 11) is 0. The molecule has 0 saturated carbocycles. The molecule has 1 aliphatic rings. The number of aryl methyl sites for hydroxylation is 1. The molecule has 1 N–H and O–H groups in total. The van der Waals surface area contributed by atoms with Crippen molar-refractivity contribution in [2.45, 2.75) is 25.2 Å². The molecular weight excluding hydrogens is 338 g/mol. The highest BCUT2D eigenvalue weighted by molar-refractivity contribution is 5.74. The van der Waals surface area contributed by atoms with E-state index in [-0.39, 0.29) is 0 Å². The van der Waals surface area contributed by atoms with Crippen LogP contribution in [0, 0.1) is 6.92 Å². The Morgan fingerprint density at radius 3 is 2.52 bits per heavy atom. The van der Waals surface area contributed by atoms with Crippen LogP contribution < -0.4 is 4.74 Å². The van der Waals surface area contributed by atoms with E-state index in [1.54, 1.807) is 4.68 Å². The molecule has 0 radical (unpaired) electrons. The lowest BCUT2D eigenvalue weighted by atomic mass is 9.79. The van der Waals surface area contributed by atoms with Gasteiger partial charge >= 0.3 is 0 Å². The molecule has 0 spiro atoms. The van der Waals surface area contributed by atoms with Crippen molar-refractivity contribution in [2.75, 3.05) is 0 Å². The minimum atomic E-state index is -1.42. The molecule has 5 rings (SSSR count). The monoisotopic (exact) mass is 357 g/mol. The van der Waals surface area contributed by atoms with Gasteiger partial charge in [0.25, 0.3) is 0 Å². The van der Waals surface area contributed by atoms with Gasteiger partial charge in [0.1, 0.15) is 11.3 Å². The largest absolute Gasteiger partial charge is 0.462 e. The van der Waals surface area contributed by atoms with Gasteiger partial charge < -0.3 is 9.84 Å². The summed E-state index contributed by atoms with van der Waals surface area (Å²) < 4.78 is 8.07. The molecular formula is C22H19N3O2. The number of aromatic nitrogens is 3. The summed E-state index contributed by atoms with van der Waals surface area (Å²) in [5.74, 6) is 0.647. The lowest BCUT2D eigenvalue weighted by Crippen LogP contribution is -2.52. The van der Waals surface area contributed by atoms with Gasteiger partial charge in [-0.25, -0.2) is 0 Å². The molecule has 5 heteroatoms. The van der Waals surface area contributed by atoms with Crippen molar-refractivity contribution in [1.82, 2.24) is 15.0 Å². The molecule has 2 atom stereocenters. The number of ether oxygens (including phenoxy) is 1. The van der Waals surface area contributed by atoms with Gasteiger partial charge in [0.2, 0.25) is 5.72 Å². The maximum Gasteiger partial charge on any atom is 0.238 e. The van der Waals surface area contributed by atoms with E-state index in [1.165, 1.54) is 0 Å². The topological polar surface area (TPSA) is 60.2 Å². The average Bonchev–Trinajstić information content (AvgIpc) is 3.22. The van der Waals surface area contributed by atoms with Crippen molar-refractivity contribution in [3.05, 3.63) is 89.5 Å². The maximum atomic E-state index is 12.2. The highest BCUT2D eigenvalue weighted by Gasteiger charge is 2.60. The van der Waals surface area contributed by atoms with Gasteiger partial charge in [-0.05, 0) is 36.8 Å². The van der Waals surface area contributed by atoms with E-state index in [0.29, 0.717) is 5.75 Å². The van der Waals surface area contributed by atoms with Gasteiger partial charge in [-0.1, -0.05) is 59.3 Å². The molecule has 0 amide bonds. The van der Waals surface area contributed by atoms with E-state index in [1.807, 2.05) is 86.6 Å². The maximum absolute atomic E-state index is 12.2. The highest BCUT2D eigenvalue weighted by Crippen LogP contribution is 2.54. The van der Waals surface area contributed by atoms with Crippen molar-refractivity contribution in [2.24, 2.45) is 0 Å². The Morgan fingerprint density at radius 2 is 1.70 bits per heavy atom. The molecule has 27 heavy (non-hydrogen) atoms. The molecule has 1 aliphatic heterocycles. The Bertz CT molecular complexity index is 1150. The van der Waals surface area contributed by atoms with Crippen molar-refractivity contribution in [3.63, 3.8) is 0 Å². The highest BCUT2D eigenvalue weighted by atomic mass is 16.5. The van der Waals surface area contributed by atoms with E-state index in [2.05, 4.69) is 10.3 Å². The van der Waals surface area contributed by atoms with Gasteiger partial charge in [-0.3, -0.25) is 0 Å². The Balaban J connectivity index is 1.84. The van der Waals surface area contributed by atoms with Gasteiger partial charge in [0, 0.05) is 12.5 Å². The number of fused-ring (bicyclic) bond motifs is 2. The third kappa shape index (κ3) is 2.03. The summed E-state index contributed by atoms with van der Waals surface area (Å²) in [4.78, 5) is 0. The zero-order chi connectivity index (χ0) is 18.6. The van der Waals surface area contributed by atoms with Crippen LogP contribution in [0.1, 0.15) is 23.6 Å². The number of nitrogens with zero attached hydrogens (tertiary/aromatic N) is 3. The molecule has 4 aromatic rings. The molecule has 2 heterocycles. The molecule has 0 aliphatic carbocycles. The summed E-state index contributed by atoms with van der Waals surface area (Å²) in [6.07, 6.45) is 0. The normalized spacial score (nSPS) is 24.0.